The molecule has 0 atom stereocenters. The van der Waals surface area contributed by atoms with Crippen LogP contribution >= 0.6 is 0 Å². The standard InChI is InChI=1S/C15H20N4/c1-18(2)13-5-3-12(4-6-13)17-10-15-9-16-11-19(15)14-7-8-14/h3-6,9,11,14,17H,7-8,10H2,1-2H3. The number of rotatable bonds is 5. The second-order valence-electron chi connectivity index (χ2n) is 5.32. The second kappa shape index (κ2) is 4.96. The largest absolute Gasteiger partial charge is 0.379 e. The van der Waals surface area contributed by atoms with E-state index in [1.54, 1.807) is 0 Å². The van der Waals surface area contributed by atoms with Crippen LogP contribution in [0.25, 0.3) is 0 Å². The first kappa shape index (κ1) is 12.1. The van der Waals surface area contributed by atoms with Gasteiger partial charge in [0.15, 0.2) is 0 Å². The Morgan fingerprint density at radius 3 is 2.63 bits per heavy atom. The molecular weight excluding hydrogens is 236 g/mol. The van der Waals surface area contributed by atoms with Crippen LogP contribution in [0.3, 0.4) is 0 Å². The molecule has 4 heteroatoms. The Labute approximate surface area is 114 Å². The summed E-state index contributed by atoms with van der Waals surface area (Å²) in [5.74, 6) is 0. The predicted octanol–water partition coefficient (Wildman–Crippen LogP) is 2.90. The van der Waals surface area contributed by atoms with Gasteiger partial charge in [-0.15, -0.1) is 0 Å². The van der Waals surface area contributed by atoms with Gasteiger partial charge >= 0.3 is 0 Å². The SMILES string of the molecule is CN(C)c1ccc(NCc2cncn2C2CC2)cc1. The summed E-state index contributed by atoms with van der Waals surface area (Å²) in [5.41, 5.74) is 3.63. The molecule has 0 amide bonds. The van der Waals surface area contributed by atoms with Gasteiger partial charge in [-0.05, 0) is 37.1 Å². The van der Waals surface area contributed by atoms with Crippen LogP contribution in [0.2, 0.25) is 0 Å². The third-order valence-electron chi connectivity index (χ3n) is 3.54. The maximum atomic E-state index is 4.25. The molecule has 1 aromatic carbocycles. The molecule has 1 aliphatic rings. The molecule has 1 aromatic heterocycles. The molecule has 3 rings (SSSR count). The van der Waals surface area contributed by atoms with Crippen molar-refractivity contribution in [1.82, 2.24) is 9.55 Å². The van der Waals surface area contributed by atoms with E-state index in [1.165, 1.54) is 24.2 Å². The topological polar surface area (TPSA) is 33.1 Å². The molecule has 0 unspecified atom stereocenters. The molecule has 100 valence electrons. The lowest BCUT2D eigenvalue weighted by atomic mass is 10.2. The molecule has 1 fully saturated rings. The van der Waals surface area contributed by atoms with Crippen molar-refractivity contribution in [1.29, 1.82) is 0 Å². The summed E-state index contributed by atoms with van der Waals surface area (Å²) in [6.45, 7) is 0.831. The average Bonchev–Trinajstić information content (AvgIpc) is 3.16. The quantitative estimate of drug-likeness (QED) is 0.893. The van der Waals surface area contributed by atoms with Crippen LogP contribution in [-0.4, -0.2) is 23.6 Å². The van der Waals surface area contributed by atoms with Gasteiger partial charge in [-0.1, -0.05) is 0 Å². The summed E-state index contributed by atoms with van der Waals surface area (Å²) in [5, 5.41) is 3.46. The first-order chi connectivity index (χ1) is 9.24. The van der Waals surface area contributed by atoms with E-state index in [2.05, 4.69) is 58.1 Å². The maximum Gasteiger partial charge on any atom is 0.0951 e. The molecule has 1 saturated carbocycles. The van der Waals surface area contributed by atoms with Gasteiger partial charge in [0.1, 0.15) is 0 Å². The Hall–Kier alpha value is -1.97. The summed E-state index contributed by atoms with van der Waals surface area (Å²) in [6.07, 6.45) is 6.49. The zero-order chi connectivity index (χ0) is 13.2. The second-order valence-corrected chi connectivity index (χ2v) is 5.32. The molecule has 0 bridgehead atoms. The fraction of sp³-hybridized carbons (Fsp3) is 0.400. The lowest BCUT2D eigenvalue weighted by Gasteiger charge is -2.13. The van der Waals surface area contributed by atoms with Crippen molar-refractivity contribution >= 4 is 11.4 Å². The van der Waals surface area contributed by atoms with Gasteiger partial charge in [-0.3, -0.25) is 0 Å². The number of hydrogen-bond donors (Lipinski definition) is 1. The monoisotopic (exact) mass is 256 g/mol. The van der Waals surface area contributed by atoms with Crippen LogP contribution in [0.15, 0.2) is 36.8 Å². The van der Waals surface area contributed by atoms with Crippen LogP contribution in [0, 0.1) is 0 Å². The van der Waals surface area contributed by atoms with Gasteiger partial charge in [0, 0.05) is 37.7 Å². The van der Waals surface area contributed by atoms with E-state index in [0.29, 0.717) is 6.04 Å². The van der Waals surface area contributed by atoms with Gasteiger partial charge < -0.3 is 14.8 Å². The molecule has 4 nitrogen and oxygen atoms in total. The highest BCUT2D eigenvalue weighted by molar-refractivity contribution is 5.54. The molecule has 2 aromatic rings. The summed E-state index contributed by atoms with van der Waals surface area (Å²) in [7, 11) is 4.10. The molecule has 0 spiro atoms. The van der Waals surface area contributed by atoms with Crippen molar-refractivity contribution in [2.24, 2.45) is 0 Å². The summed E-state index contributed by atoms with van der Waals surface area (Å²) < 4.78 is 2.29. The lowest BCUT2D eigenvalue weighted by molar-refractivity contribution is 0.701. The molecule has 0 saturated heterocycles. The first-order valence-electron chi connectivity index (χ1n) is 6.76. The molecule has 1 aliphatic carbocycles. The molecule has 0 aliphatic heterocycles. The molecule has 1 N–H and O–H groups in total. The van der Waals surface area contributed by atoms with Crippen LogP contribution in [-0.2, 0) is 6.54 Å². The van der Waals surface area contributed by atoms with Crippen molar-refractivity contribution in [3.63, 3.8) is 0 Å². The third kappa shape index (κ3) is 2.72. The Balaban J connectivity index is 1.63. The highest BCUT2D eigenvalue weighted by Crippen LogP contribution is 2.35. The Morgan fingerprint density at radius 2 is 2.00 bits per heavy atom. The smallest absolute Gasteiger partial charge is 0.0951 e. The zero-order valence-electron chi connectivity index (χ0n) is 11.5. The van der Waals surface area contributed by atoms with E-state index in [9.17, 15) is 0 Å². The van der Waals surface area contributed by atoms with Gasteiger partial charge in [0.25, 0.3) is 0 Å². The number of aromatic nitrogens is 2. The maximum absolute atomic E-state index is 4.25. The minimum absolute atomic E-state index is 0.690. The highest BCUT2D eigenvalue weighted by atomic mass is 15.1. The van der Waals surface area contributed by atoms with Crippen molar-refractivity contribution in [2.45, 2.75) is 25.4 Å². The van der Waals surface area contributed by atoms with Crippen molar-refractivity contribution in [3.8, 4) is 0 Å². The first-order valence-corrected chi connectivity index (χ1v) is 6.76. The Bertz CT molecular complexity index is 538. The number of hydrogen-bond acceptors (Lipinski definition) is 3. The van der Waals surface area contributed by atoms with Gasteiger partial charge in [0.2, 0.25) is 0 Å². The minimum atomic E-state index is 0.690. The number of nitrogens with one attached hydrogen (secondary N) is 1. The molecular formula is C15H20N4. The zero-order valence-corrected chi connectivity index (χ0v) is 11.5. The summed E-state index contributed by atoms with van der Waals surface area (Å²) in [4.78, 5) is 6.35. The number of nitrogens with zero attached hydrogens (tertiary/aromatic N) is 3. The predicted molar refractivity (Wildman–Crippen MR) is 78.6 cm³/mol. The van der Waals surface area contributed by atoms with Crippen molar-refractivity contribution < 1.29 is 0 Å². The number of anilines is 2. The Morgan fingerprint density at radius 1 is 1.26 bits per heavy atom. The molecule has 19 heavy (non-hydrogen) atoms. The normalized spacial score (nSPS) is 14.4. The highest BCUT2D eigenvalue weighted by Gasteiger charge is 2.24. The van der Waals surface area contributed by atoms with Gasteiger partial charge in [-0.25, -0.2) is 4.98 Å². The van der Waals surface area contributed by atoms with E-state index in [-0.39, 0.29) is 0 Å². The van der Waals surface area contributed by atoms with Crippen molar-refractivity contribution in [3.05, 3.63) is 42.5 Å². The van der Waals surface area contributed by atoms with Crippen LogP contribution in [0.4, 0.5) is 11.4 Å². The fourth-order valence-electron chi connectivity index (χ4n) is 2.22. The van der Waals surface area contributed by atoms with E-state index in [4.69, 9.17) is 0 Å². The molecule has 1 heterocycles. The van der Waals surface area contributed by atoms with Crippen molar-refractivity contribution in [2.75, 3.05) is 24.3 Å². The number of benzene rings is 1. The van der Waals surface area contributed by atoms with E-state index >= 15 is 0 Å². The van der Waals surface area contributed by atoms with Gasteiger partial charge in [-0.2, -0.15) is 0 Å². The van der Waals surface area contributed by atoms with Crippen LogP contribution in [0.1, 0.15) is 24.6 Å². The van der Waals surface area contributed by atoms with E-state index < -0.39 is 0 Å². The molecule has 0 radical (unpaired) electrons. The summed E-state index contributed by atoms with van der Waals surface area (Å²) >= 11 is 0. The van der Waals surface area contributed by atoms with Crippen LogP contribution < -0.4 is 10.2 Å². The number of imidazole rings is 1. The fourth-order valence-corrected chi connectivity index (χ4v) is 2.22. The van der Waals surface area contributed by atoms with Crippen LogP contribution in [0.5, 0.6) is 0 Å². The third-order valence-corrected chi connectivity index (χ3v) is 3.54. The van der Waals surface area contributed by atoms with E-state index in [1.807, 2.05) is 12.5 Å². The van der Waals surface area contributed by atoms with E-state index in [0.717, 1.165) is 12.2 Å². The average molecular weight is 256 g/mol. The lowest BCUT2D eigenvalue weighted by Crippen LogP contribution is -2.09. The Kier molecular flexibility index (Phi) is 3.15. The minimum Gasteiger partial charge on any atom is -0.379 e. The van der Waals surface area contributed by atoms with Gasteiger partial charge in [0.05, 0.1) is 18.6 Å². The summed E-state index contributed by atoms with van der Waals surface area (Å²) in [6, 6.07) is 9.18.